The van der Waals surface area contributed by atoms with Crippen molar-refractivity contribution in [3.8, 4) is 11.8 Å². The third-order valence-electron chi connectivity index (χ3n) is 6.29. The second-order valence-electron chi connectivity index (χ2n) is 11.8. The molecule has 1 aliphatic heterocycles. The van der Waals surface area contributed by atoms with Gasteiger partial charge in [0.05, 0.1) is 25.9 Å². The zero-order valence-corrected chi connectivity index (χ0v) is 23.7. The molecule has 190 valence electrons. The number of ether oxygens (including phenoxy) is 3. The number of nitrogens with zero attached hydrogens (tertiary/aromatic N) is 1. The molecule has 1 aromatic rings. The molecule has 0 bridgehead atoms. The fraction of sp³-hybridized carbons (Fsp3) is 0.667. The van der Waals surface area contributed by atoms with Crippen molar-refractivity contribution in [2.45, 2.75) is 104 Å². The van der Waals surface area contributed by atoms with Gasteiger partial charge in [-0.25, -0.2) is 4.79 Å². The highest BCUT2D eigenvalue weighted by Crippen LogP contribution is 2.36. The summed E-state index contributed by atoms with van der Waals surface area (Å²) in [6.45, 7) is 21.3. The molecule has 2 atom stereocenters. The van der Waals surface area contributed by atoms with Gasteiger partial charge in [-0.15, -0.1) is 0 Å². The van der Waals surface area contributed by atoms with Crippen LogP contribution >= 0.6 is 0 Å². The van der Waals surface area contributed by atoms with E-state index in [4.69, 9.17) is 18.6 Å². The largest absolute Gasteiger partial charge is 0.444 e. The number of carbonyl (C=O) groups is 1. The molecule has 1 fully saturated rings. The van der Waals surface area contributed by atoms with Crippen LogP contribution in [0.25, 0.3) is 0 Å². The molecule has 0 N–H and O–H groups in total. The Hall–Kier alpha value is -1.85. The average Bonchev–Trinajstić information content (AvgIpc) is 3.01. The third-order valence-corrected chi connectivity index (χ3v) is 10.8. The second-order valence-corrected chi connectivity index (χ2v) is 16.6. The Morgan fingerprint density at radius 1 is 1.18 bits per heavy atom. The van der Waals surface area contributed by atoms with Gasteiger partial charge in [0.25, 0.3) is 0 Å². The Labute approximate surface area is 207 Å². The zero-order chi connectivity index (χ0) is 25.8. The minimum absolute atomic E-state index is 0.106. The van der Waals surface area contributed by atoms with E-state index >= 15 is 0 Å². The number of hydrogen-bond donors (Lipinski definition) is 0. The van der Waals surface area contributed by atoms with Crippen LogP contribution in [0.1, 0.15) is 61.0 Å². The summed E-state index contributed by atoms with van der Waals surface area (Å²) in [5, 5.41) is 0.106. The summed E-state index contributed by atoms with van der Waals surface area (Å²) >= 11 is 0. The molecule has 0 radical (unpaired) electrons. The monoisotopic (exact) mass is 489 g/mol. The fourth-order valence-corrected chi connectivity index (χ4v) is 4.17. The second kappa shape index (κ2) is 10.8. The zero-order valence-electron chi connectivity index (χ0n) is 22.7. The Bertz CT molecular complexity index is 874. The van der Waals surface area contributed by atoms with Crippen LogP contribution in [0.3, 0.4) is 0 Å². The summed E-state index contributed by atoms with van der Waals surface area (Å²) in [5.74, 6) is 6.40. The van der Waals surface area contributed by atoms with Gasteiger partial charge >= 0.3 is 6.09 Å². The highest BCUT2D eigenvalue weighted by atomic mass is 28.4. The lowest BCUT2D eigenvalue weighted by Crippen LogP contribution is -2.53. The predicted octanol–water partition coefficient (Wildman–Crippen LogP) is 5.97. The molecule has 0 aromatic heterocycles. The fourth-order valence-electron chi connectivity index (χ4n) is 3.31. The van der Waals surface area contributed by atoms with Crippen molar-refractivity contribution in [3.63, 3.8) is 0 Å². The number of carbonyl (C=O) groups excluding carboxylic acids is 1. The van der Waals surface area contributed by atoms with Gasteiger partial charge in [-0.2, -0.15) is 0 Å². The molecule has 34 heavy (non-hydrogen) atoms. The molecule has 2 rings (SSSR count). The lowest BCUT2D eigenvalue weighted by molar-refractivity contribution is -0.0692. The first-order chi connectivity index (χ1) is 15.5. The molecule has 0 saturated carbocycles. The first kappa shape index (κ1) is 28.4. The van der Waals surface area contributed by atoms with E-state index in [0.717, 1.165) is 5.56 Å². The molecule has 1 heterocycles. The minimum Gasteiger partial charge on any atom is -0.444 e. The van der Waals surface area contributed by atoms with E-state index < -0.39 is 37.9 Å². The molecular weight excluding hydrogens is 446 g/mol. The lowest BCUT2D eigenvalue weighted by Gasteiger charge is -2.36. The van der Waals surface area contributed by atoms with E-state index in [1.807, 2.05) is 65.0 Å². The first-order valence-electron chi connectivity index (χ1n) is 12.0. The number of amides is 1. The van der Waals surface area contributed by atoms with Gasteiger partial charge in [0.1, 0.15) is 17.4 Å². The van der Waals surface area contributed by atoms with E-state index in [1.165, 1.54) is 0 Å². The quantitative estimate of drug-likeness (QED) is 0.364. The van der Waals surface area contributed by atoms with E-state index in [2.05, 4.69) is 45.7 Å². The van der Waals surface area contributed by atoms with E-state index in [9.17, 15) is 4.79 Å². The molecule has 0 unspecified atom stereocenters. The molecule has 1 aromatic carbocycles. The highest BCUT2D eigenvalue weighted by Gasteiger charge is 2.49. The summed E-state index contributed by atoms with van der Waals surface area (Å²) in [7, 11) is -1.91. The minimum atomic E-state index is -1.91. The van der Waals surface area contributed by atoms with Crippen LogP contribution in [0.2, 0.25) is 18.1 Å². The number of hydrogen-bond acceptors (Lipinski definition) is 5. The maximum Gasteiger partial charge on any atom is 0.413 e. The summed E-state index contributed by atoms with van der Waals surface area (Å²) in [6, 6.07) is 9.52. The van der Waals surface area contributed by atoms with Crippen LogP contribution in [0.4, 0.5) is 4.79 Å². The van der Waals surface area contributed by atoms with Crippen LogP contribution in [0.15, 0.2) is 30.3 Å². The lowest BCUT2D eigenvalue weighted by atomic mass is 10.1. The first-order valence-corrected chi connectivity index (χ1v) is 14.9. The molecule has 1 amide bonds. The molecule has 7 heteroatoms. The van der Waals surface area contributed by atoms with Gasteiger partial charge in [-0.3, -0.25) is 4.90 Å². The predicted molar refractivity (Wildman–Crippen MR) is 138 cm³/mol. The van der Waals surface area contributed by atoms with Gasteiger partial charge in [0.15, 0.2) is 8.32 Å². The SMILES string of the molecule is CC(C)(C)OC(=O)N1[C@@H]([C@@H](C#CCO[Si](C)(C)C(C)(C)C)OCc2ccccc2)COC1(C)C. The van der Waals surface area contributed by atoms with E-state index in [1.54, 1.807) is 4.90 Å². The van der Waals surface area contributed by atoms with Crippen molar-refractivity contribution in [3.05, 3.63) is 35.9 Å². The van der Waals surface area contributed by atoms with Crippen LogP contribution in [-0.2, 0) is 25.2 Å². The standard InChI is InChI=1S/C27H43NO5Si/c1-25(2,3)33-24(29)28-22(20-31-27(28,7)8)23(30-19-21-15-12-11-13-16-21)17-14-18-32-34(9,10)26(4,5)6/h11-13,15-16,22-23H,18-20H2,1-10H3/t22-,23-/m1/s1. The van der Waals surface area contributed by atoms with Crippen LogP contribution < -0.4 is 0 Å². The van der Waals surface area contributed by atoms with Gasteiger partial charge in [0, 0.05) is 0 Å². The smallest absolute Gasteiger partial charge is 0.413 e. The Morgan fingerprint density at radius 2 is 1.79 bits per heavy atom. The molecular formula is C27H43NO5Si. The summed E-state index contributed by atoms with van der Waals surface area (Å²) in [6.07, 6.45) is -0.995. The molecule has 1 aliphatic rings. The van der Waals surface area contributed by atoms with E-state index in [0.29, 0.717) is 19.8 Å². The van der Waals surface area contributed by atoms with Crippen LogP contribution in [-0.4, -0.2) is 56.0 Å². The van der Waals surface area contributed by atoms with Crippen molar-refractivity contribution < 1.29 is 23.4 Å². The molecule has 0 aliphatic carbocycles. The Kier molecular flexibility index (Phi) is 9.03. The number of rotatable bonds is 6. The molecule has 0 spiro atoms. The van der Waals surface area contributed by atoms with Gasteiger partial charge in [-0.05, 0) is 58.3 Å². The van der Waals surface area contributed by atoms with Crippen molar-refractivity contribution in [1.82, 2.24) is 4.90 Å². The maximum atomic E-state index is 13.1. The van der Waals surface area contributed by atoms with Gasteiger partial charge in [-0.1, -0.05) is 62.9 Å². The normalized spacial score (nSPS) is 19.4. The van der Waals surface area contributed by atoms with Crippen molar-refractivity contribution in [2.24, 2.45) is 0 Å². The van der Waals surface area contributed by atoms with E-state index in [-0.39, 0.29) is 5.04 Å². The average molecular weight is 490 g/mol. The third kappa shape index (κ3) is 7.84. The Morgan fingerprint density at radius 3 is 2.35 bits per heavy atom. The van der Waals surface area contributed by atoms with Gasteiger partial charge < -0.3 is 18.6 Å². The topological polar surface area (TPSA) is 57.2 Å². The molecule has 6 nitrogen and oxygen atoms in total. The van der Waals surface area contributed by atoms with Crippen LogP contribution in [0.5, 0.6) is 0 Å². The van der Waals surface area contributed by atoms with Crippen molar-refractivity contribution >= 4 is 14.4 Å². The highest BCUT2D eigenvalue weighted by molar-refractivity contribution is 6.74. The molecule has 1 saturated heterocycles. The summed E-state index contributed by atoms with van der Waals surface area (Å²) in [4.78, 5) is 14.8. The maximum absolute atomic E-state index is 13.1. The van der Waals surface area contributed by atoms with Crippen LogP contribution in [0, 0.1) is 11.8 Å². The summed E-state index contributed by atoms with van der Waals surface area (Å²) < 4.78 is 24.2. The summed E-state index contributed by atoms with van der Waals surface area (Å²) in [5.41, 5.74) is -0.418. The van der Waals surface area contributed by atoms with Crippen molar-refractivity contribution in [2.75, 3.05) is 13.2 Å². The van der Waals surface area contributed by atoms with Crippen molar-refractivity contribution in [1.29, 1.82) is 0 Å². The Balaban J connectivity index is 2.26. The number of benzene rings is 1. The van der Waals surface area contributed by atoms with Gasteiger partial charge in [0.2, 0.25) is 0 Å².